The van der Waals surface area contributed by atoms with Gasteiger partial charge in [-0.2, -0.15) is 4.31 Å². The van der Waals surface area contributed by atoms with E-state index in [4.69, 9.17) is 11.6 Å². The van der Waals surface area contributed by atoms with Crippen molar-refractivity contribution in [2.24, 2.45) is 0 Å². The summed E-state index contributed by atoms with van der Waals surface area (Å²) in [6.45, 7) is 3.26. The lowest BCUT2D eigenvalue weighted by Gasteiger charge is -2.17. The number of sulfonamides is 1. The van der Waals surface area contributed by atoms with Gasteiger partial charge in [0.05, 0.1) is 23.5 Å². The van der Waals surface area contributed by atoms with Crippen molar-refractivity contribution >= 4 is 33.2 Å². The highest BCUT2D eigenvalue weighted by Gasteiger charge is 2.19. The number of hydrogen-bond acceptors (Lipinski definition) is 3. The van der Waals surface area contributed by atoms with Gasteiger partial charge in [0.15, 0.2) is 0 Å². The average molecular weight is 303 g/mol. The third-order valence-corrected chi connectivity index (χ3v) is 3.82. The van der Waals surface area contributed by atoms with Crippen LogP contribution in [0.2, 0.25) is 5.02 Å². The summed E-state index contributed by atoms with van der Waals surface area (Å²) in [5, 5.41) is 2.95. The van der Waals surface area contributed by atoms with Crippen molar-refractivity contribution in [3.63, 3.8) is 0 Å². The molecule has 0 fully saturated rings. The molecule has 0 bridgehead atoms. The van der Waals surface area contributed by atoms with Gasteiger partial charge in [0.25, 0.3) is 0 Å². The van der Waals surface area contributed by atoms with Gasteiger partial charge in [0, 0.05) is 6.54 Å². The lowest BCUT2D eigenvalue weighted by molar-refractivity contribution is -0.116. The summed E-state index contributed by atoms with van der Waals surface area (Å²) in [6, 6.07) is 6.73. The Balaban J connectivity index is 2.74. The van der Waals surface area contributed by atoms with Gasteiger partial charge in [-0.1, -0.05) is 29.8 Å². The van der Waals surface area contributed by atoms with E-state index >= 15 is 0 Å². The zero-order valence-corrected chi connectivity index (χ0v) is 12.0. The van der Waals surface area contributed by atoms with Gasteiger partial charge in [-0.05, 0) is 12.1 Å². The standard InChI is InChI=1S/C12H15ClN2O3S/c1-3-8-15(19(2,17)18)9-12(16)14-11-7-5-4-6-10(11)13/h3-7H,1,8-9H2,2H3,(H,14,16). The third kappa shape index (κ3) is 5.02. The van der Waals surface area contributed by atoms with Crippen molar-refractivity contribution in [2.45, 2.75) is 0 Å². The predicted molar refractivity (Wildman–Crippen MR) is 76.7 cm³/mol. The number of rotatable bonds is 6. The van der Waals surface area contributed by atoms with Crippen molar-refractivity contribution in [2.75, 3.05) is 24.7 Å². The Morgan fingerprint density at radius 3 is 2.63 bits per heavy atom. The number of benzene rings is 1. The molecule has 0 aliphatic heterocycles. The van der Waals surface area contributed by atoms with E-state index in [-0.39, 0.29) is 13.1 Å². The molecule has 0 aliphatic rings. The average Bonchev–Trinajstić information content (AvgIpc) is 2.30. The second-order valence-corrected chi connectivity index (χ2v) is 6.26. The molecular formula is C12H15ClN2O3S. The van der Waals surface area contributed by atoms with Crippen LogP contribution >= 0.6 is 11.6 Å². The highest BCUT2D eigenvalue weighted by molar-refractivity contribution is 7.88. The van der Waals surface area contributed by atoms with Crippen LogP contribution in [-0.4, -0.2) is 38.0 Å². The highest BCUT2D eigenvalue weighted by atomic mass is 35.5. The van der Waals surface area contributed by atoms with E-state index in [1.165, 1.54) is 6.08 Å². The Hall–Kier alpha value is -1.37. The smallest absolute Gasteiger partial charge is 0.239 e. The summed E-state index contributed by atoms with van der Waals surface area (Å²) < 4.78 is 23.9. The van der Waals surface area contributed by atoms with Crippen molar-refractivity contribution in [3.8, 4) is 0 Å². The Morgan fingerprint density at radius 1 is 1.47 bits per heavy atom. The van der Waals surface area contributed by atoms with Crippen LogP contribution in [0.15, 0.2) is 36.9 Å². The molecule has 0 aromatic heterocycles. The van der Waals surface area contributed by atoms with E-state index in [1.807, 2.05) is 0 Å². The Bertz CT molecular complexity index is 572. The molecular weight excluding hydrogens is 288 g/mol. The SMILES string of the molecule is C=CCN(CC(=O)Nc1ccccc1Cl)S(C)(=O)=O. The van der Waals surface area contributed by atoms with Gasteiger partial charge in [0.2, 0.25) is 15.9 Å². The summed E-state index contributed by atoms with van der Waals surface area (Å²) in [6.07, 6.45) is 2.46. The molecule has 0 heterocycles. The second-order valence-electron chi connectivity index (χ2n) is 3.87. The summed E-state index contributed by atoms with van der Waals surface area (Å²) in [4.78, 5) is 11.8. The second kappa shape index (κ2) is 6.70. The summed E-state index contributed by atoms with van der Waals surface area (Å²) in [7, 11) is -3.46. The molecule has 0 saturated heterocycles. The summed E-state index contributed by atoms with van der Waals surface area (Å²) in [5.41, 5.74) is 0.446. The van der Waals surface area contributed by atoms with Crippen LogP contribution in [0.3, 0.4) is 0 Å². The predicted octanol–water partition coefficient (Wildman–Crippen LogP) is 1.73. The Labute approximate surface area is 117 Å². The third-order valence-electron chi connectivity index (χ3n) is 2.27. The van der Waals surface area contributed by atoms with Gasteiger partial charge in [-0.25, -0.2) is 8.42 Å². The number of nitrogens with zero attached hydrogens (tertiary/aromatic N) is 1. The van der Waals surface area contributed by atoms with Gasteiger partial charge in [0.1, 0.15) is 0 Å². The van der Waals surface area contributed by atoms with Crippen molar-refractivity contribution in [1.82, 2.24) is 4.31 Å². The van der Waals surface area contributed by atoms with Gasteiger partial charge < -0.3 is 5.32 Å². The zero-order chi connectivity index (χ0) is 14.5. The molecule has 1 rings (SSSR count). The lowest BCUT2D eigenvalue weighted by atomic mass is 10.3. The minimum absolute atomic E-state index is 0.0781. The Kier molecular flexibility index (Phi) is 5.53. The molecule has 1 aromatic carbocycles. The van der Waals surface area contributed by atoms with Crippen LogP contribution in [0.5, 0.6) is 0 Å². The molecule has 0 spiro atoms. The fourth-order valence-corrected chi connectivity index (χ4v) is 2.28. The summed E-state index contributed by atoms with van der Waals surface area (Å²) >= 11 is 5.89. The molecule has 0 aliphatic carbocycles. The monoisotopic (exact) mass is 302 g/mol. The van der Waals surface area contributed by atoms with Gasteiger partial charge in [-0.15, -0.1) is 6.58 Å². The highest BCUT2D eigenvalue weighted by Crippen LogP contribution is 2.20. The normalized spacial score (nSPS) is 11.3. The number of halogens is 1. The quantitative estimate of drug-likeness (QED) is 0.814. The van der Waals surface area contributed by atoms with Crippen LogP contribution < -0.4 is 5.32 Å². The fraction of sp³-hybridized carbons (Fsp3) is 0.250. The number of carbonyl (C=O) groups is 1. The largest absolute Gasteiger partial charge is 0.324 e. The number of anilines is 1. The fourth-order valence-electron chi connectivity index (χ4n) is 1.37. The lowest BCUT2D eigenvalue weighted by Crippen LogP contribution is -2.37. The van der Waals surface area contributed by atoms with Crippen LogP contribution in [0, 0.1) is 0 Å². The van der Waals surface area contributed by atoms with Crippen molar-refractivity contribution < 1.29 is 13.2 Å². The number of para-hydroxylation sites is 1. The number of hydrogen-bond donors (Lipinski definition) is 1. The number of carbonyl (C=O) groups excluding carboxylic acids is 1. The van der Waals surface area contributed by atoms with Gasteiger partial charge in [-0.3, -0.25) is 4.79 Å². The van der Waals surface area contributed by atoms with Crippen molar-refractivity contribution in [3.05, 3.63) is 41.9 Å². The molecule has 0 radical (unpaired) electrons. The molecule has 0 unspecified atom stereocenters. The van der Waals surface area contributed by atoms with E-state index < -0.39 is 15.9 Å². The Morgan fingerprint density at radius 2 is 2.11 bits per heavy atom. The van der Waals surface area contributed by atoms with Crippen LogP contribution in [0.1, 0.15) is 0 Å². The van der Waals surface area contributed by atoms with Crippen LogP contribution in [-0.2, 0) is 14.8 Å². The van der Waals surface area contributed by atoms with Crippen molar-refractivity contribution in [1.29, 1.82) is 0 Å². The molecule has 1 aromatic rings. The molecule has 0 atom stereocenters. The number of nitrogens with one attached hydrogen (secondary N) is 1. The van der Waals surface area contributed by atoms with E-state index in [2.05, 4.69) is 11.9 Å². The molecule has 104 valence electrons. The summed E-state index contributed by atoms with van der Waals surface area (Å²) in [5.74, 6) is -0.458. The number of amides is 1. The zero-order valence-electron chi connectivity index (χ0n) is 10.5. The maximum absolute atomic E-state index is 11.8. The van der Waals surface area contributed by atoms with E-state index in [1.54, 1.807) is 24.3 Å². The van der Waals surface area contributed by atoms with E-state index in [0.29, 0.717) is 10.7 Å². The minimum Gasteiger partial charge on any atom is -0.324 e. The molecule has 5 nitrogen and oxygen atoms in total. The minimum atomic E-state index is -3.46. The molecule has 19 heavy (non-hydrogen) atoms. The topological polar surface area (TPSA) is 66.5 Å². The van der Waals surface area contributed by atoms with E-state index in [9.17, 15) is 13.2 Å². The first-order valence-electron chi connectivity index (χ1n) is 5.45. The maximum atomic E-state index is 11.8. The maximum Gasteiger partial charge on any atom is 0.239 e. The first-order valence-corrected chi connectivity index (χ1v) is 7.67. The molecule has 1 amide bonds. The van der Waals surface area contributed by atoms with Gasteiger partial charge >= 0.3 is 0 Å². The first kappa shape index (κ1) is 15.7. The van der Waals surface area contributed by atoms with Crippen LogP contribution in [0.4, 0.5) is 5.69 Å². The van der Waals surface area contributed by atoms with E-state index in [0.717, 1.165) is 10.6 Å². The molecule has 0 saturated carbocycles. The van der Waals surface area contributed by atoms with Crippen LogP contribution in [0.25, 0.3) is 0 Å². The molecule has 1 N–H and O–H groups in total. The first-order chi connectivity index (χ1) is 8.84. The molecule has 7 heteroatoms.